The fourth-order valence-electron chi connectivity index (χ4n) is 3.53. The Labute approximate surface area is 181 Å². The van der Waals surface area contributed by atoms with Gasteiger partial charge < -0.3 is 15.2 Å². The molecule has 0 aliphatic rings. The first-order chi connectivity index (χ1) is 14.6. The van der Waals surface area contributed by atoms with Crippen LogP contribution in [0.15, 0.2) is 79.0 Å². The lowest BCUT2D eigenvalue weighted by Gasteiger charge is -2.23. The Morgan fingerprint density at radius 3 is 2.63 bits per heavy atom. The molecule has 0 radical (unpaired) electrons. The van der Waals surface area contributed by atoms with Gasteiger partial charge in [-0.1, -0.05) is 65.7 Å². The van der Waals surface area contributed by atoms with Crippen LogP contribution in [0.2, 0.25) is 5.02 Å². The van der Waals surface area contributed by atoms with Crippen LogP contribution >= 0.6 is 11.6 Å². The summed E-state index contributed by atoms with van der Waals surface area (Å²) in [4.78, 5) is 18.2. The Morgan fingerprint density at radius 1 is 1.03 bits per heavy atom. The number of rotatable bonds is 6. The molecule has 4 nitrogen and oxygen atoms in total. The topological polar surface area (TPSA) is 48.1 Å². The number of amides is 2. The number of aromatic amines is 1. The number of benzene rings is 3. The summed E-state index contributed by atoms with van der Waals surface area (Å²) >= 11 is 6.07. The summed E-state index contributed by atoms with van der Waals surface area (Å²) in [5.41, 5.74) is 5.30. The smallest absolute Gasteiger partial charge is 0.322 e. The largest absolute Gasteiger partial charge is 0.361 e. The number of carbonyl (C=O) groups is 1. The Bertz CT molecular complexity index is 1150. The lowest BCUT2D eigenvalue weighted by Crippen LogP contribution is -2.36. The molecule has 30 heavy (non-hydrogen) atoms. The van der Waals surface area contributed by atoms with Gasteiger partial charge in [0.2, 0.25) is 0 Å². The van der Waals surface area contributed by atoms with E-state index in [4.69, 9.17) is 11.6 Å². The Hall–Kier alpha value is -3.24. The summed E-state index contributed by atoms with van der Waals surface area (Å²) in [7, 11) is 0. The third-order valence-electron chi connectivity index (χ3n) is 5.18. The average molecular weight is 418 g/mol. The van der Waals surface area contributed by atoms with Crippen LogP contribution < -0.4 is 5.32 Å². The lowest BCUT2D eigenvalue weighted by atomic mass is 10.1. The van der Waals surface area contributed by atoms with Crippen LogP contribution in [-0.4, -0.2) is 22.5 Å². The summed E-state index contributed by atoms with van der Waals surface area (Å²) in [6.45, 7) is 3.20. The van der Waals surface area contributed by atoms with E-state index in [1.165, 1.54) is 16.5 Å². The van der Waals surface area contributed by atoms with Crippen LogP contribution in [0.5, 0.6) is 0 Å². The number of urea groups is 1. The number of nitrogens with one attached hydrogen (secondary N) is 2. The van der Waals surface area contributed by atoms with E-state index in [9.17, 15) is 4.79 Å². The van der Waals surface area contributed by atoms with E-state index in [-0.39, 0.29) is 6.03 Å². The van der Waals surface area contributed by atoms with E-state index < -0.39 is 0 Å². The lowest BCUT2D eigenvalue weighted by molar-refractivity contribution is 0.210. The second-order valence-corrected chi connectivity index (χ2v) is 7.89. The molecule has 1 heterocycles. The molecule has 4 rings (SSSR count). The number of fused-ring (bicyclic) bond motifs is 1. The van der Waals surface area contributed by atoms with Gasteiger partial charge in [-0.15, -0.1) is 0 Å². The highest BCUT2D eigenvalue weighted by Gasteiger charge is 2.16. The number of anilines is 1. The number of hydrogen-bond donors (Lipinski definition) is 2. The molecular formula is C25H24ClN3O. The summed E-state index contributed by atoms with van der Waals surface area (Å²) in [5.74, 6) is 0. The van der Waals surface area contributed by atoms with Crippen LogP contribution in [0.4, 0.5) is 10.5 Å². The van der Waals surface area contributed by atoms with Gasteiger partial charge >= 0.3 is 6.03 Å². The summed E-state index contributed by atoms with van der Waals surface area (Å²) in [6, 6.07) is 23.6. The first kappa shape index (κ1) is 20.0. The second kappa shape index (κ2) is 9.06. The number of H-pyrrole nitrogens is 1. The predicted molar refractivity (Wildman–Crippen MR) is 124 cm³/mol. The van der Waals surface area contributed by atoms with Gasteiger partial charge in [0.15, 0.2) is 0 Å². The highest BCUT2D eigenvalue weighted by Crippen LogP contribution is 2.20. The molecule has 0 aliphatic heterocycles. The highest BCUT2D eigenvalue weighted by atomic mass is 35.5. The molecule has 2 N–H and O–H groups in total. The van der Waals surface area contributed by atoms with Crippen LogP contribution in [0.3, 0.4) is 0 Å². The summed E-state index contributed by atoms with van der Waals surface area (Å²) in [5, 5.41) is 4.77. The van der Waals surface area contributed by atoms with Crippen molar-refractivity contribution in [1.29, 1.82) is 0 Å². The SMILES string of the molecule is Cc1ccc(CN(CCc2c[nH]c3ccccc23)C(=O)Nc2cccc(Cl)c2)cc1. The molecule has 0 unspecified atom stereocenters. The zero-order chi connectivity index (χ0) is 20.9. The van der Waals surface area contributed by atoms with Crippen LogP contribution in [0.25, 0.3) is 10.9 Å². The van der Waals surface area contributed by atoms with Gasteiger partial charge in [0, 0.05) is 40.9 Å². The van der Waals surface area contributed by atoms with E-state index in [1.54, 1.807) is 12.1 Å². The molecule has 152 valence electrons. The van der Waals surface area contributed by atoms with Gasteiger partial charge in [0.05, 0.1) is 0 Å². The first-order valence-corrected chi connectivity index (χ1v) is 10.4. The Balaban J connectivity index is 1.52. The molecule has 4 aromatic rings. The molecule has 0 bridgehead atoms. The van der Waals surface area contributed by atoms with Crippen molar-refractivity contribution < 1.29 is 4.79 Å². The second-order valence-electron chi connectivity index (χ2n) is 7.46. The molecule has 3 aromatic carbocycles. The van der Waals surface area contributed by atoms with E-state index in [0.717, 1.165) is 17.5 Å². The molecule has 5 heteroatoms. The minimum atomic E-state index is -0.141. The molecule has 0 spiro atoms. The van der Waals surface area contributed by atoms with Crippen molar-refractivity contribution in [3.8, 4) is 0 Å². The van der Waals surface area contributed by atoms with Crippen LogP contribution in [0.1, 0.15) is 16.7 Å². The number of nitrogens with zero attached hydrogens (tertiary/aromatic N) is 1. The quantitative estimate of drug-likeness (QED) is 0.374. The molecule has 0 saturated carbocycles. The fourth-order valence-corrected chi connectivity index (χ4v) is 3.72. The molecule has 0 aliphatic carbocycles. The van der Waals surface area contributed by atoms with Crippen molar-refractivity contribution in [3.05, 3.63) is 101 Å². The zero-order valence-electron chi connectivity index (χ0n) is 16.9. The standard InChI is InChI=1S/C25H24ClN3O/c1-18-9-11-19(12-10-18)17-29(25(30)28-22-6-4-5-21(26)15-22)14-13-20-16-27-24-8-3-2-7-23(20)24/h2-12,15-16,27H,13-14,17H2,1H3,(H,28,30). The van der Waals surface area contributed by atoms with Gasteiger partial charge in [0.1, 0.15) is 0 Å². The van der Waals surface area contributed by atoms with Gasteiger partial charge in [-0.05, 0) is 48.7 Å². The van der Waals surface area contributed by atoms with E-state index in [2.05, 4.69) is 53.6 Å². The van der Waals surface area contributed by atoms with Gasteiger partial charge in [-0.3, -0.25) is 0 Å². The monoisotopic (exact) mass is 417 g/mol. The molecule has 2 amide bonds. The minimum Gasteiger partial charge on any atom is -0.361 e. The third-order valence-corrected chi connectivity index (χ3v) is 5.42. The summed E-state index contributed by atoms with van der Waals surface area (Å²) in [6.07, 6.45) is 2.79. The minimum absolute atomic E-state index is 0.141. The Kier molecular flexibility index (Phi) is 6.05. The van der Waals surface area contributed by atoms with Crippen molar-refractivity contribution in [2.75, 3.05) is 11.9 Å². The highest BCUT2D eigenvalue weighted by molar-refractivity contribution is 6.30. The van der Waals surface area contributed by atoms with Crippen molar-refractivity contribution >= 4 is 34.2 Å². The van der Waals surface area contributed by atoms with E-state index >= 15 is 0 Å². The van der Waals surface area contributed by atoms with Crippen LogP contribution in [-0.2, 0) is 13.0 Å². The molecule has 1 aromatic heterocycles. The zero-order valence-corrected chi connectivity index (χ0v) is 17.6. The number of hydrogen-bond acceptors (Lipinski definition) is 1. The van der Waals surface area contributed by atoms with Crippen LogP contribution in [0, 0.1) is 6.92 Å². The van der Waals surface area contributed by atoms with E-state index in [1.807, 2.05) is 35.4 Å². The van der Waals surface area contributed by atoms with Crippen molar-refractivity contribution in [1.82, 2.24) is 9.88 Å². The number of aromatic nitrogens is 1. The number of para-hydroxylation sites is 1. The van der Waals surface area contributed by atoms with Crippen molar-refractivity contribution in [2.45, 2.75) is 19.9 Å². The number of halogens is 1. The average Bonchev–Trinajstić information content (AvgIpc) is 3.15. The molecule has 0 fully saturated rings. The summed E-state index contributed by atoms with van der Waals surface area (Å²) < 4.78 is 0. The van der Waals surface area contributed by atoms with E-state index in [0.29, 0.717) is 23.8 Å². The maximum Gasteiger partial charge on any atom is 0.322 e. The van der Waals surface area contributed by atoms with Crippen molar-refractivity contribution in [2.24, 2.45) is 0 Å². The predicted octanol–water partition coefficient (Wildman–Crippen LogP) is 6.41. The fraction of sp³-hybridized carbons (Fsp3) is 0.160. The number of aryl methyl sites for hydroxylation is 1. The van der Waals surface area contributed by atoms with Crippen molar-refractivity contribution in [3.63, 3.8) is 0 Å². The Morgan fingerprint density at radius 2 is 1.83 bits per heavy atom. The molecule has 0 atom stereocenters. The molecule has 0 saturated heterocycles. The third kappa shape index (κ3) is 4.84. The molecular weight excluding hydrogens is 394 g/mol. The van der Waals surface area contributed by atoms with Gasteiger partial charge in [-0.25, -0.2) is 4.79 Å². The first-order valence-electron chi connectivity index (χ1n) is 10.0. The van der Waals surface area contributed by atoms with Gasteiger partial charge in [-0.2, -0.15) is 0 Å². The van der Waals surface area contributed by atoms with Gasteiger partial charge in [0.25, 0.3) is 0 Å². The normalized spacial score (nSPS) is 10.9. The maximum atomic E-state index is 13.1. The maximum absolute atomic E-state index is 13.1. The number of carbonyl (C=O) groups excluding carboxylic acids is 1.